The fourth-order valence-corrected chi connectivity index (χ4v) is 3.92. The number of amides is 3. The molecule has 2 aliphatic heterocycles. The van der Waals surface area contributed by atoms with Crippen LogP contribution >= 0.6 is 0 Å². The first kappa shape index (κ1) is 21.9. The molecule has 3 rings (SSSR count). The zero-order chi connectivity index (χ0) is 21.9. The molecule has 0 unspecified atom stereocenters. The molecule has 7 nitrogen and oxygen atoms in total. The third-order valence-corrected chi connectivity index (χ3v) is 5.43. The highest BCUT2D eigenvalue weighted by molar-refractivity contribution is 5.94. The monoisotopic (exact) mass is 413 g/mol. The smallest absolute Gasteiger partial charge is 0.414 e. The van der Waals surface area contributed by atoms with E-state index in [1.54, 1.807) is 9.80 Å². The van der Waals surface area contributed by atoms with Crippen molar-refractivity contribution in [2.45, 2.75) is 52.1 Å². The van der Waals surface area contributed by atoms with E-state index in [1.165, 1.54) is 6.08 Å². The molecule has 2 aliphatic rings. The first-order chi connectivity index (χ1) is 14.2. The number of rotatable bonds is 3. The molecule has 0 radical (unpaired) electrons. The largest absolute Gasteiger partial charge is 0.443 e. The zero-order valence-corrected chi connectivity index (χ0v) is 18.1. The standard InChI is InChI=1S/C23H31N3O4/c1-5-20(27)25-13-10-16(11-14-25)21(28)24-18-8-9-19-17(15-18)7-6-12-26(19)22(29)30-23(2,3)4/h5,8-9,15-16H,1,6-7,10-14H2,2-4H3,(H,24,28). The summed E-state index contributed by atoms with van der Waals surface area (Å²) in [6.07, 6.45) is 3.94. The maximum Gasteiger partial charge on any atom is 0.414 e. The second-order valence-corrected chi connectivity index (χ2v) is 8.87. The Morgan fingerprint density at radius 1 is 1.17 bits per heavy atom. The van der Waals surface area contributed by atoms with Gasteiger partial charge in [-0.3, -0.25) is 14.5 Å². The minimum Gasteiger partial charge on any atom is -0.443 e. The van der Waals surface area contributed by atoms with Crippen LogP contribution in [0.3, 0.4) is 0 Å². The molecule has 0 saturated carbocycles. The van der Waals surface area contributed by atoms with Crippen molar-refractivity contribution >= 4 is 29.3 Å². The number of nitrogens with one attached hydrogen (secondary N) is 1. The molecule has 1 fully saturated rings. The predicted octanol–water partition coefficient (Wildman–Crippen LogP) is 3.74. The van der Waals surface area contributed by atoms with E-state index < -0.39 is 5.60 Å². The number of carbonyl (C=O) groups is 3. The zero-order valence-electron chi connectivity index (χ0n) is 18.1. The van der Waals surface area contributed by atoms with Crippen LogP contribution in [0.15, 0.2) is 30.9 Å². The van der Waals surface area contributed by atoms with Crippen LogP contribution in [0.2, 0.25) is 0 Å². The van der Waals surface area contributed by atoms with Gasteiger partial charge in [0.05, 0.1) is 5.69 Å². The lowest BCUT2D eigenvalue weighted by Gasteiger charge is -2.32. The number of fused-ring (bicyclic) bond motifs is 1. The molecule has 0 aromatic heterocycles. The number of aryl methyl sites for hydroxylation is 1. The van der Waals surface area contributed by atoms with E-state index in [9.17, 15) is 14.4 Å². The highest BCUT2D eigenvalue weighted by Crippen LogP contribution is 2.31. The van der Waals surface area contributed by atoms with Crippen LogP contribution in [0, 0.1) is 5.92 Å². The average Bonchev–Trinajstić information content (AvgIpc) is 2.71. The Morgan fingerprint density at radius 3 is 2.50 bits per heavy atom. The molecule has 1 saturated heterocycles. The summed E-state index contributed by atoms with van der Waals surface area (Å²) >= 11 is 0. The second-order valence-electron chi connectivity index (χ2n) is 8.87. The molecule has 162 valence electrons. The number of nitrogens with zero attached hydrogens (tertiary/aromatic N) is 2. The maximum absolute atomic E-state index is 12.7. The first-order valence-corrected chi connectivity index (χ1v) is 10.5. The molecule has 0 spiro atoms. The molecule has 7 heteroatoms. The van der Waals surface area contributed by atoms with Crippen molar-refractivity contribution < 1.29 is 19.1 Å². The molecule has 2 heterocycles. The molecule has 0 atom stereocenters. The van der Waals surface area contributed by atoms with Crippen molar-refractivity contribution in [1.82, 2.24) is 4.90 Å². The van der Waals surface area contributed by atoms with E-state index in [1.807, 2.05) is 39.0 Å². The maximum atomic E-state index is 12.7. The SMILES string of the molecule is C=CC(=O)N1CCC(C(=O)Nc2ccc3c(c2)CCCN3C(=O)OC(C)(C)C)CC1. The van der Waals surface area contributed by atoms with Crippen LogP contribution < -0.4 is 10.2 Å². The van der Waals surface area contributed by atoms with Gasteiger partial charge in [-0.25, -0.2) is 4.79 Å². The Morgan fingerprint density at radius 2 is 1.87 bits per heavy atom. The van der Waals surface area contributed by atoms with Crippen LogP contribution in [0.25, 0.3) is 0 Å². The van der Waals surface area contributed by atoms with Crippen molar-refractivity contribution in [2.75, 3.05) is 29.9 Å². The van der Waals surface area contributed by atoms with Gasteiger partial charge in [-0.05, 0) is 76.3 Å². The van der Waals surface area contributed by atoms with Crippen LogP contribution in [0.4, 0.5) is 16.2 Å². The van der Waals surface area contributed by atoms with Gasteiger partial charge in [0.25, 0.3) is 0 Å². The van der Waals surface area contributed by atoms with Gasteiger partial charge in [0.1, 0.15) is 5.60 Å². The Hall–Kier alpha value is -2.83. The summed E-state index contributed by atoms with van der Waals surface area (Å²) in [6.45, 7) is 10.8. The van der Waals surface area contributed by atoms with E-state index in [0.29, 0.717) is 32.5 Å². The molecule has 0 aliphatic carbocycles. The second kappa shape index (κ2) is 8.90. The van der Waals surface area contributed by atoms with Crippen molar-refractivity contribution in [2.24, 2.45) is 5.92 Å². The van der Waals surface area contributed by atoms with Gasteiger partial charge in [-0.15, -0.1) is 0 Å². The Kier molecular flexibility index (Phi) is 6.48. The van der Waals surface area contributed by atoms with Crippen molar-refractivity contribution in [3.05, 3.63) is 36.4 Å². The molecular formula is C23H31N3O4. The van der Waals surface area contributed by atoms with E-state index in [0.717, 1.165) is 29.8 Å². The summed E-state index contributed by atoms with van der Waals surface area (Å²) in [5.41, 5.74) is 2.05. The van der Waals surface area contributed by atoms with Crippen LogP contribution in [0.5, 0.6) is 0 Å². The van der Waals surface area contributed by atoms with Gasteiger partial charge < -0.3 is 15.0 Å². The van der Waals surface area contributed by atoms with Gasteiger partial charge in [0.15, 0.2) is 0 Å². The topological polar surface area (TPSA) is 79.0 Å². The van der Waals surface area contributed by atoms with Gasteiger partial charge in [0, 0.05) is 31.2 Å². The Balaban J connectivity index is 1.64. The van der Waals surface area contributed by atoms with Crippen molar-refractivity contribution in [1.29, 1.82) is 0 Å². The minimum absolute atomic E-state index is 0.0274. The Bertz CT molecular complexity index is 835. The normalized spacial score (nSPS) is 17.2. The van der Waals surface area contributed by atoms with Crippen LogP contribution in [-0.4, -0.2) is 48.0 Å². The summed E-state index contributed by atoms with van der Waals surface area (Å²) in [7, 11) is 0. The number of benzene rings is 1. The molecule has 1 aromatic rings. The fourth-order valence-electron chi connectivity index (χ4n) is 3.92. The fraction of sp³-hybridized carbons (Fsp3) is 0.522. The summed E-state index contributed by atoms with van der Waals surface area (Å²) in [5.74, 6) is -0.230. The highest BCUT2D eigenvalue weighted by atomic mass is 16.6. The summed E-state index contributed by atoms with van der Waals surface area (Å²) in [6, 6.07) is 5.65. The van der Waals surface area contributed by atoms with Gasteiger partial charge in [-0.2, -0.15) is 0 Å². The quantitative estimate of drug-likeness (QED) is 0.766. The first-order valence-electron chi connectivity index (χ1n) is 10.5. The van der Waals surface area contributed by atoms with E-state index in [2.05, 4.69) is 11.9 Å². The van der Waals surface area contributed by atoms with Crippen molar-refractivity contribution in [3.63, 3.8) is 0 Å². The number of anilines is 2. The molecular weight excluding hydrogens is 382 g/mol. The third kappa shape index (κ3) is 5.20. The number of likely N-dealkylation sites (tertiary alicyclic amines) is 1. The van der Waals surface area contributed by atoms with Gasteiger partial charge in [0.2, 0.25) is 11.8 Å². The summed E-state index contributed by atoms with van der Waals surface area (Å²) < 4.78 is 5.52. The Labute approximate surface area is 178 Å². The minimum atomic E-state index is -0.547. The van der Waals surface area contributed by atoms with Gasteiger partial charge in [-0.1, -0.05) is 6.58 Å². The lowest BCUT2D eigenvalue weighted by Crippen LogP contribution is -2.41. The highest BCUT2D eigenvalue weighted by Gasteiger charge is 2.29. The lowest BCUT2D eigenvalue weighted by molar-refractivity contribution is -0.130. The number of carbonyl (C=O) groups excluding carboxylic acids is 3. The molecule has 1 N–H and O–H groups in total. The molecule has 3 amide bonds. The summed E-state index contributed by atoms with van der Waals surface area (Å²) in [5, 5.41) is 3.00. The lowest BCUT2D eigenvalue weighted by atomic mass is 9.95. The van der Waals surface area contributed by atoms with E-state index >= 15 is 0 Å². The molecule has 30 heavy (non-hydrogen) atoms. The molecule has 1 aromatic carbocycles. The van der Waals surface area contributed by atoms with Crippen molar-refractivity contribution in [3.8, 4) is 0 Å². The molecule has 0 bridgehead atoms. The number of piperidine rings is 1. The third-order valence-electron chi connectivity index (χ3n) is 5.43. The number of hydrogen-bond acceptors (Lipinski definition) is 4. The summed E-state index contributed by atoms with van der Waals surface area (Å²) in [4.78, 5) is 40.3. The number of ether oxygens (including phenoxy) is 1. The average molecular weight is 414 g/mol. The predicted molar refractivity (Wildman–Crippen MR) is 116 cm³/mol. The van der Waals surface area contributed by atoms with Gasteiger partial charge >= 0.3 is 6.09 Å². The number of hydrogen-bond donors (Lipinski definition) is 1. The van der Waals surface area contributed by atoms with E-state index in [-0.39, 0.29) is 23.8 Å². The van der Waals surface area contributed by atoms with Crippen LogP contribution in [-0.2, 0) is 20.7 Å². The van der Waals surface area contributed by atoms with E-state index in [4.69, 9.17) is 4.74 Å². The van der Waals surface area contributed by atoms with Crippen LogP contribution in [0.1, 0.15) is 45.6 Å².